The van der Waals surface area contributed by atoms with Gasteiger partial charge in [0.2, 0.25) is 5.91 Å². The molecule has 2 aliphatic heterocycles. The van der Waals surface area contributed by atoms with Gasteiger partial charge in [-0.15, -0.1) is 0 Å². The Labute approximate surface area is 128 Å². The molecule has 0 aromatic heterocycles. The molecule has 0 spiro atoms. The second-order valence-electron chi connectivity index (χ2n) is 6.07. The zero-order valence-electron chi connectivity index (χ0n) is 12.6. The molecule has 3 rings (SSSR count). The third kappa shape index (κ3) is 3.28. The van der Waals surface area contributed by atoms with Crippen LogP contribution in [0.5, 0.6) is 0 Å². The first-order valence-electron chi connectivity index (χ1n) is 7.59. The lowest BCUT2D eigenvalue weighted by Gasteiger charge is -2.47. The van der Waals surface area contributed by atoms with E-state index >= 15 is 0 Å². The molecule has 2 aliphatic rings. The van der Waals surface area contributed by atoms with Gasteiger partial charge in [0.25, 0.3) is 0 Å². The lowest BCUT2D eigenvalue weighted by Crippen LogP contribution is -2.62. The fraction of sp³-hybridized carbons (Fsp3) is 0.562. The number of carbonyl (C=O) groups excluding carboxylic acids is 1. The number of ether oxygens (including phenoxy) is 1. The van der Waals surface area contributed by atoms with E-state index in [1.165, 1.54) is 12.1 Å². The number of morpholine rings is 1. The third-order valence-electron chi connectivity index (χ3n) is 4.39. The van der Waals surface area contributed by atoms with Crippen LogP contribution in [-0.4, -0.2) is 60.6 Å². The second kappa shape index (κ2) is 6.30. The van der Waals surface area contributed by atoms with Crippen LogP contribution >= 0.6 is 0 Å². The molecule has 1 aromatic carbocycles. The Bertz CT molecular complexity index is 547. The van der Waals surface area contributed by atoms with E-state index < -0.39 is 11.6 Å². The van der Waals surface area contributed by atoms with Gasteiger partial charge >= 0.3 is 0 Å². The fourth-order valence-corrected chi connectivity index (χ4v) is 3.29. The number of nitrogens with zero attached hydrogens (tertiary/aromatic N) is 2. The van der Waals surface area contributed by atoms with Crippen molar-refractivity contribution in [2.45, 2.75) is 25.4 Å². The Morgan fingerprint density at radius 3 is 2.68 bits per heavy atom. The summed E-state index contributed by atoms with van der Waals surface area (Å²) in [7, 11) is 0. The van der Waals surface area contributed by atoms with Crippen LogP contribution in [0.2, 0.25) is 0 Å². The minimum absolute atomic E-state index is 0.0256. The Kier molecular flexibility index (Phi) is 4.40. The lowest BCUT2D eigenvalue weighted by molar-refractivity contribution is -0.138. The fourth-order valence-electron chi connectivity index (χ4n) is 3.29. The smallest absolute Gasteiger partial charge is 0.227 e. The summed E-state index contributed by atoms with van der Waals surface area (Å²) in [5.41, 5.74) is 0.373. The average Bonchev–Trinajstić information content (AvgIpc) is 2.46. The van der Waals surface area contributed by atoms with Gasteiger partial charge < -0.3 is 9.64 Å². The zero-order chi connectivity index (χ0) is 15.7. The maximum atomic E-state index is 13.2. The summed E-state index contributed by atoms with van der Waals surface area (Å²) in [6, 6.07) is 3.82. The maximum absolute atomic E-state index is 13.2. The van der Waals surface area contributed by atoms with Gasteiger partial charge in [0.1, 0.15) is 11.6 Å². The molecule has 6 heteroatoms. The molecule has 120 valence electrons. The number of halogens is 2. The number of piperazine rings is 1. The summed E-state index contributed by atoms with van der Waals surface area (Å²) < 4.78 is 31.9. The molecule has 2 atom stereocenters. The molecular formula is C16H20F2N2O2. The van der Waals surface area contributed by atoms with Gasteiger partial charge in [-0.25, -0.2) is 8.78 Å². The zero-order valence-corrected chi connectivity index (χ0v) is 12.6. The van der Waals surface area contributed by atoms with Crippen LogP contribution in [0.15, 0.2) is 18.2 Å². The number of benzene rings is 1. The van der Waals surface area contributed by atoms with E-state index in [1.807, 2.05) is 0 Å². The first-order chi connectivity index (χ1) is 10.5. The van der Waals surface area contributed by atoms with Crippen LogP contribution in [0.25, 0.3) is 0 Å². The van der Waals surface area contributed by atoms with E-state index in [2.05, 4.69) is 11.8 Å². The molecule has 22 heavy (non-hydrogen) atoms. The molecule has 2 heterocycles. The molecule has 4 nitrogen and oxygen atoms in total. The molecule has 0 bridgehead atoms. The molecule has 0 unspecified atom stereocenters. The molecular weight excluding hydrogens is 290 g/mol. The summed E-state index contributed by atoms with van der Waals surface area (Å²) in [6.07, 6.45) is 0.0256. The molecule has 2 fully saturated rings. The minimum Gasteiger partial charge on any atom is -0.378 e. The highest BCUT2D eigenvalue weighted by atomic mass is 19.1. The predicted octanol–water partition coefficient (Wildman–Crippen LogP) is 1.44. The maximum Gasteiger partial charge on any atom is 0.227 e. The van der Waals surface area contributed by atoms with Gasteiger partial charge in [0, 0.05) is 31.7 Å². The number of rotatable bonds is 2. The monoisotopic (exact) mass is 310 g/mol. The molecule has 0 radical (unpaired) electrons. The summed E-state index contributed by atoms with van der Waals surface area (Å²) in [5.74, 6) is -1.40. The van der Waals surface area contributed by atoms with Crippen LogP contribution in [0, 0.1) is 11.6 Å². The average molecular weight is 310 g/mol. The van der Waals surface area contributed by atoms with Crippen molar-refractivity contribution in [1.29, 1.82) is 0 Å². The quantitative estimate of drug-likeness (QED) is 0.829. The Balaban J connectivity index is 1.63. The van der Waals surface area contributed by atoms with Crippen molar-refractivity contribution in [3.05, 3.63) is 35.4 Å². The van der Waals surface area contributed by atoms with Gasteiger partial charge in [-0.3, -0.25) is 9.69 Å². The molecule has 1 aromatic rings. The van der Waals surface area contributed by atoms with E-state index in [4.69, 9.17) is 4.74 Å². The summed E-state index contributed by atoms with van der Waals surface area (Å²) >= 11 is 0. The second-order valence-corrected chi connectivity index (χ2v) is 6.07. The van der Waals surface area contributed by atoms with Gasteiger partial charge in [-0.05, 0) is 24.6 Å². The number of amides is 1. The van der Waals surface area contributed by atoms with E-state index in [0.717, 1.165) is 19.2 Å². The first-order valence-corrected chi connectivity index (χ1v) is 7.59. The Morgan fingerprint density at radius 1 is 1.23 bits per heavy atom. The number of carbonyl (C=O) groups is 1. The molecule has 2 saturated heterocycles. The lowest BCUT2D eigenvalue weighted by atomic mass is 10.1. The van der Waals surface area contributed by atoms with Crippen LogP contribution in [-0.2, 0) is 16.0 Å². The number of hydrogen-bond acceptors (Lipinski definition) is 3. The van der Waals surface area contributed by atoms with Crippen LogP contribution in [0.4, 0.5) is 8.78 Å². The Morgan fingerprint density at radius 2 is 1.95 bits per heavy atom. The molecule has 0 saturated carbocycles. The van der Waals surface area contributed by atoms with E-state index in [1.54, 1.807) is 4.90 Å². The van der Waals surface area contributed by atoms with E-state index in [9.17, 15) is 13.6 Å². The van der Waals surface area contributed by atoms with Crippen LogP contribution < -0.4 is 0 Å². The number of hydrogen-bond donors (Lipinski definition) is 0. The highest BCUT2D eigenvalue weighted by molar-refractivity contribution is 5.79. The van der Waals surface area contributed by atoms with Crippen molar-refractivity contribution >= 4 is 5.91 Å². The standard InChI is InChI=1S/C16H20F2N2O2/c1-11-9-22-10-15-8-19(2-3-20(11)15)16(21)6-12-4-13(17)7-14(18)5-12/h4-5,7,11,15H,2-3,6,8-10H2,1H3/t11-,15+/m0/s1. The van der Waals surface area contributed by atoms with Crippen molar-refractivity contribution in [1.82, 2.24) is 9.80 Å². The summed E-state index contributed by atoms with van der Waals surface area (Å²) in [4.78, 5) is 16.5. The molecule has 0 N–H and O–H groups in total. The third-order valence-corrected chi connectivity index (χ3v) is 4.39. The highest BCUT2D eigenvalue weighted by Crippen LogP contribution is 2.19. The van der Waals surface area contributed by atoms with Crippen molar-refractivity contribution in [3.8, 4) is 0 Å². The number of fused-ring (bicyclic) bond motifs is 1. The van der Waals surface area contributed by atoms with Crippen molar-refractivity contribution in [3.63, 3.8) is 0 Å². The molecule has 0 aliphatic carbocycles. The minimum atomic E-state index is -0.651. The largest absolute Gasteiger partial charge is 0.378 e. The molecule has 1 amide bonds. The van der Waals surface area contributed by atoms with Gasteiger partial charge in [-0.1, -0.05) is 0 Å². The van der Waals surface area contributed by atoms with E-state index in [0.29, 0.717) is 31.3 Å². The highest BCUT2D eigenvalue weighted by Gasteiger charge is 2.34. The van der Waals surface area contributed by atoms with Crippen LogP contribution in [0.3, 0.4) is 0 Å². The van der Waals surface area contributed by atoms with Crippen LogP contribution in [0.1, 0.15) is 12.5 Å². The summed E-state index contributed by atoms with van der Waals surface area (Å²) in [5, 5.41) is 0. The summed E-state index contributed by atoms with van der Waals surface area (Å²) in [6.45, 7) is 5.56. The van der Waals surface area contributed by atoms with E-state index in [-0.39, 0.29) is 18.4 Å². The van der Waals surface area contributed by atoms with Crippen molar-refractivity contribution < 1.29 is 18.3 Å². The SMILES string of the molecule is C[C@H]1COC[C@H]2CN(C(=O)Cc3cc(F)cc(F)c3)CCN21. The van der Waals surface area contributed by atoms with Crippen molar-refractivity contribution in [2.24, 2.45) is 0 Å². The normalized spacial score (nSPS) is 25.9. The predicted molar refractivity (Wildman–Crippen MR) is 77.4 cm³/mol. The first kappa shape index (κ1) is 15.4. The Hall–Kier alpha value is -1.53. The van der Waals surface area contributed by atoms with Gasteiger partial charge in [-0.2, -0.15) is 0 Å². The van der Waals surface area contributed by atoms with Crippen molar-refractivity contribution in [2.75, 3.05) is 32.8 Å². The van der Waals surface area contributed by atoms with Gasteiger partial charge in [0.15, 0.2) is 0 Å². The van der Waals surface area contributed by atoms with Gasteiger partial charge in [0.05, 0.1) is 25.7 Å². The topological polar surface area (TPSA) is 32.8 Å².